The van der Waals surface area contributed by atoms with E-state index >= 15 is 0 Å². The van der Waals surface area contributed by atoms with Gasteiger partial charge in [0.2, 0.25) is 12.6 Å². The second-order valence-corrected chi connectivity index (χ2v) is 5.71. The van der Waals surface area contributed by atoms with Gasteiger partial charge in [0.15, 0.2) is 0 Å². The second kappa shape index (κ2) is 12.8. The Morgan fingerprint density at radius 1 is 0.708 bits per heavy atom. The van der Waals surface area contributed by atoms with E-state index in [1.165, 1.54) is 0 Å². The molecular formula is C16H30O8. The first-order chi connectivity index (χ1) is 11.3. The molecule has 0 bridgehead atoms. The third-order valence-corrected chi connectivity index (χ3v) is 2.53. The molecule has 2 atom stereocenters. The lowest BCUT2D eigenvalue weighted by Crippen LogP contribution is -2.27. The van der Waals surface area contributed by atoms with Crippen LogP contribution in [0, 0.1) is 0 Å². The SMILES string of the molecule is CCCC(OC(=O)OOC(=O)OC(CCC)OC(C)C)OC(C)C. The zero-order chi connectivity index (χ0) is 18.5. The van der Waals surface area contributed by atoms with Crippen molar-refractivity contribution in [1.29, 1.82) is 0 Å². The zero-order valence-electron chi connectivity index (χ0n) is 15.4. The van der Waals surface area contributed by atoms with Crippen LogP contribution in [0.5, 0.6) is 0 Å². The Balaban J connectivity index is 4.24. The Bertz CT molecular complexity index is 322. The van der Waals surface area contributed by atoms with Gasteiger partial charge in [-0.1, -0.05) is 26.7 Å². The molecule has 0 spiro atoms. The van der Waals surface area contributed by atoms with Crippen LogP contribution in [0.2, 0.25) is 0 Å². The molecule has 0 aliphatic heterocycles. The molecular weight excluding hydrogens is 320 g/mol. The van der Waals surface area contributed by atoms with Crippen molar-refractivity contribution in [3.05, 3.63) is 0 Å². The summed E-state index contributed by atoms with van der Waals surface area (Å²) in [6, 6.07) is 0. The van der Waals surface area contributed by atoms with Crippen LogP contribution in [0.4, 0.5) is 9.59 Å². The number of carbonyl (C=O) groups excluding carboxylic acids is 2. The van der Waals surface area contributed by atoms with Crippen molar-refractivity contribution in [2.24, 2.45) is 0 Å². The van der Waals surface area contributed by atoms with Crippen molar-refractivity contribution >= 4 is 12.3 Å². The zero-order valence-corrected chi connectivity index (χ0v) is 15.4. The first kappa shape index (κ1) is 22.5. The molecule has 142 valence electrons. The van der Waals surface area contributed by atoms with Gasteiger partial charge in [0.1, 0.15) is 0 Å². The van der Waals surface area contributed by atoms with E-state index in [9.17, 15) is 9.59 Å². The lowest BCUT2D eigenvalue weighted by molar-refractivity contribution is -0.254. The summed E-state index contributed by atoms with van der Waals surface area (Å²) in [5.74, 6) is 0. The highest BCUT2D eigenvalue weighted by atomic mass is 17.3. The van der Waals surface area contributed by atoms with Crippen LogP contribution in [-0.4, -0.2) is 37.1 Å². The largest absolute Gasteiger partial charge is 0.552 e. The lowest BCUT2D eigenvalue weighted by atomic mass is 10.3. The molecule has 0 aliphatic carbocycles. The minimum atomic E-state index is -1.18. The summed E-state index contributed by atoms with van der Waals surface area (Å²) in [6.07, 6.45) is -1.63. The lowest BCUT2D eigenvalue weighted by Gasteiger charge is -2.20. The summed E-state index contributed by atoms with van der Waals surface area (Å²) in [5.41, 5.74) is 0. The maximum atomic E-state index is 11.5. The number of hydrogen-bond acceptors (Lipinski definition) is 8. The van der Waals surface area contributed by atoms with Crippen LogP contribution in [0.3, 0.4) is 0 Å². The molecule has 8 heteroatoms. The van der Waals surface area contributed by atoms with Crippen LogP contribution in [-0.2, 0) is 28.7 Å². The molecule has 2 unspecified atom stereocenters. The van der Waals surface area contributed by atoms with Crippen LogP contribution in [0.1, 0.15) is 67.2 Å². The average molecular weight is 350 g/mol. The quantitative estimate of drug-likeness (QED) is 0.249. The van der Waals surface area contributed by atoms with Gasteiger partial charge in [-0.15, -0.1) is 0 Å². The molecule has 0 saturated heterocycles. The molecule has 0 heterocycles. The van der Waals surface area contributed by atoms with Gasteiger partial charge in [-0.05, 0) is 27.7 Å². The van der Waals surface area contributed by atoms with Gasteiger partial charge in [-0.3, -0.25) is 0 Å². The Hall–Kier alpha value is -1.54. The summed E-state index contributed by atoms with van der Waals surface area (Å²) in [4.78, 5) is 31.6. The number of hydrogen-bond donors (Lipinski definition) is 0. The van der Waals surface area contributed by atoms with Gasteiger partial charge in [-0.25, -0.2) is 0 Å². The van der Waals surface area contributed by atoms with E-state index in [1.807, 2.05) is 41.5 Å². The van der Waals surface area contributed by atoms with E-state index in [0.29, 0.717) is 12.8 Å². The maximum absolute atomic E-state index is 11.5. The summed E-state index contributed by atoms with van der Waals surface area (Å²) in [7, 11) is 0. The van der Waals surface area contributed by atoms with E-state index in [0.717, 1.165) is 12.8 Å². The molecule has 0 aromatic rings. The molecule has 0 aliphatic rings. The number of carbonyl (C=O) groups is 2. The van der Waals surface area contributed by atoms with E-state index in [1.54, 1.807) is 0 Å². The van der Waals surface area contributed by atoms with Crippen LogP contribution in [0.25, 0.3) is 0 Å². The van der Waals surface area contributed by atoms with Crippen molar-refractivity contribution in [2.45, 2.75) is 92.0 Å². The third-order valence-electron chi connectivity index (χ3n) is 2.53. The molecule has 0 radical (unpaired) electrons. The summed E-state index contributed by atoms with van der Waals surface area (Å²) >= 11 is 0. The van der Waals surface area contributed by atoms with E-state index in [-0.39, 0.29) is 12.2 Å². The second-order valence-electron chi connectivity index (χ2n) is 5.71. The fourth-order valence-corrected chi connectivity index (χ4v) is 1.71. The minimum absolute atomic E-state index is 0.122. The minimum Gasteiger partial charge on any atom is -0.402 e. The van der Waals surface area contributed by atoms with Crippen LogP contribution >= 0.6 is 0 Å². The Labute approximate surface area is 143 Å². The highest BCUT2D eigenvalue weighted by Gasteiger charge is 2.22. The smallest absolute Gasteiger partial charge is 0.402 e. The van der Waals surface area contributed by atoms with Crippen molar-refractivity contribution in [3.63, 3.8) is 0 Å². The van der Waals surface area contributed by atoms with Gasteiger partial charge < -0.3 is 18.9 Å². The molecule has 24 heavy (non-hydrogen) atoms. The summed E-state index contributed by atoms with van der Waals surface area (Å²) in [6.45, 7) is 11.1. The van der Waals surface area contributed by atoms with Crippen LogP contribution < -0.4 is 0 Å². The summed E-state index contributed by atoms with van der Waals surface area (Å²) < 4.78 is 20.6. The maximum Gasteiger partial charge on any atom is 0.552 e. The Morgan fingerprint density at radius 2 is 1.04 bits per heavy atom. The van der Waals surface area contributed by atoms with Crippen molar-refractivity contribution in [1.82, 2.24) is 0 Å². The highest BCUT2D eigenvalue weighted by Crippen LogP contribution is 2.11. The summed E-state index contributed by atoms with van der Waals surface area (Å²) in [5, 5.41) is 0. The Kier molecular flexibility index (Phi) is 12.0. The van der Waals surface area contributed by atoms with Crippen LogP contribution in [0.15, 0.2) is 0 Å². The normalized spacial score (nSPS) is 13.5. The van der Waals surface area contributed by atoms with Gasteiger partial charge in [-0.2, -0.15) is 19.4 Å². The van der Waals surface area contributed by atoms with E-state index in [4.69, 9.17) is 18.9 Å². The van der Waals surface area contributed by atoms with E-state index in [2.05, 4.69) is 9.78 Å². The van der Waals surface area contributed by atoms with Crippen molar-refractivity contribution in [2.75, 3.05) is 0 Å². The van der Waals surface area contributed by atoms with Gasteiger partial charge in [0.05, 0.1) is 12.2 Å². The first-order valence-corrected chi connectivity index (χ1v) is 8.35. The first-order valence-electron chi connectivity index (χ1n) is 8.35. The monoisotopic (exact) mass is 350 g/mol. The standard InChI is InChI=1S/C16H30O8/c1-7-9-13(19-11(3)4)21-15(17)23-24-16(18)22-14(10-8-2)20-12(5)6/h11-14H,7-10H2,1-6H3. The number of rotatable bonds is 10. The third kappa shape index (κ3) is 12.0. The highest BCUT2D eigenvalue weighted by molar-refractivity contribution is 5.63. The predicted molar refractivity (Wildman–Crippen MR) is 85.0 cm³/mol. The van der Waals surface area contributed by atoms with E-state index < -0.39 is 24.9 Å². The van der Waals surface area contributed by atoms with Crippen molar-refractivity contribution < 1.29 is 38.3 Å². The molecule has 0 N–H and O–H groups in total. The fourth-order valence-electron chi connectivity index (χ4n) is 1.71. The number of ether oxygens (including phenoxy) is 4. The van der Waals surface area contributed by atoms with Crippen molar-refractivity contribution in [3.8, 4) is 0 Å². The molecule has 0 aromatic heterocycles. The molecule has 8 nitrogen and oxygen atoms in total. The molecule has 0 amide bonds. The Morgan fingerprint density at radius 3 is 1.29 bits per heavy atom. The predicted octanol–water partition coefficient (Wildman–Crippen LogP) is 4.31. The van der Waals surface area contributed by atoms with Gasteiger partial charge in [0.25, 0.3) is 0 Å². The van der Waals surface area contributed by atoms with Gasteiger partial charge in [0, 0.05) is 12.8 Å². The average Bonchev–Trinajstić information content (AvgIpc) is 2.44. The molecule has 0 fully saturated rings. The molecule has 0 saturated carbocycles. The molecule has 0 aromatic carbocycles. The topological polar surface area (TPSA) is 89.5 Å². The molecule has 0 rings (SSSR count). The fraction of sp³-hybridized carbons (Fsp3) is 0.875. The van der Waals surface area contributed by atoms with Gasteiger partial charge >= 0.3 is 12.3 Å².